The third-order valence-electron chi connectivity index (χ3n) is 4.27. The molecule has 1 amide bonds. The Balaban J connectivity index is 2.08. The van der Waals surface area contributed by atoms with Crippen molar-refractivity contribution in [1.82, 2.24) is 9.62 Å². The number of piperidine rings is 1. The summed E-state index contributed by atoms with van der Waals surface area (Å²) in [5, 5.41) is 7.82. The van der Waals surface area contributed by atoms with Crippen molar-refractivity contribution in [2.75, 3.05) is 12.3 Å². The lowest BCUT2D eigenvalue weighted by atomic mass is 10.0. The molecule has 1 heterocycles. The van der Waals surface area contributed by atoms with Gasteiger partial charge in [0.05, 0.1) is 10.6 Å². The van der Waals surface area contributed by atoms with Gasteiger partial charge < -0.3 is 5.32 Å². The van der Waals surface area contributed by atoms with E-state index in [0.29, 0.717) is 24.9 Å². The smallest absolute Gasteiger partial charge is 0.238 e. The quantitative estimate of drug-likeness (QED) is 0.687. The van der Waals surface area contributed by atoms with Crippen LogP contribution in [-0.2, 0) is 31.4 Å². The van der Waals surface area contributed by atoms with Crippen LogP contribution in [0.25, 0.3) is 0 Å². The highest BCUT2D eigenvalue weighted by Crippen LogP contribution is 2.21. The van der Waals surface area contributed by atoms with Crippen LogP contribution in [0.3, 0.4) is 0 Å². The Hall–Kier alpha value is -1.49. The summed E-state index contributed by atoms with van der Waals surface area (Å²) in [6.07, 6.45) is 2.50. The molecular formula is C16H25N3O5S2. The second kappa shape index (κ2) is 8.47. The number of nitrogens with zero attached hydrogens (tertiary/aromatic N) is 1. The molecule has 0 aromatic heterocycles. The minimum absolute atomic E-state index is 0.0210. The maximum absolute atomic E-state index is 12.6. The second-order valence-electron chi connectivity index (χ2n) is 6.35. The Morgan fingerprint density at radius 2 is 2.00 bits per heavy atom. The second-order valence-corrected chi connectivity index (χ2v) is 9.95. The summed E-state index contributed by atoms with van der Waals surface area (Å²) in [5.74, 6) is -0.349. The van der Waals surface area contributed by atoms with Gasteiger partial charge >= 0.3 is 0 Å². The van der Waals surface area contributed by atoms with Crippen LogP contribution in [0.1, 0.15) is 38.2 Å². The minimum Gasteiger partial charge on any atom is -0.351 e. The zero-order chi connectivity index (χ0) is 19.4. The molecule has 0 aliphatic carbocycles. The van der Waals surface area contributed by atoms with E-state index in [1.807, 2.05) is 0 Å². The van der Waals surface area contributed by atoms with Crippen molar-refractivity contribution in [2.45, 2.75) is 50.1 Å². The molecule has 0 spiro atoms. The number of amides is 1. The first-order chi connectivity index (χ1) is 12.1. The third-order valence-corrected chi connectivity index (χ3v) is 7.26. The Morgan fingerprint density at radius 1 is 1.27 bits per heavy atom. The van der Waals surface area contributed by atoms with Crippen molar-refractivity contribution in [2.24, 2.45) is 5.14 Å². The zero-order valence-electron chi connectivity index (χ0n) is 14.7. The lowest BCUT2D eigenvalue weighted by Gasteiger charge is -2.33. The Bertz CT molecular complexity index is 852. The van der Waals surface area contributed by atoms with Gasteiger partial charge in [0, 0.05) is 13.1 Å². The van der Waals surface area contributed by atoms with E-state index >= 15 is 0 Å². The predicted molar refractivity (Wildman–Crippen MR) is 98.1 cm³/mol. The van der Waals surface area contributed by atoms with Gasteiger partial charge in [-0.25, -0.2) is 22.0 Å². The molecule has 0 bridgehead atoms. The van der Waals surface area contributed by atoms with Crippen LogP contribution in [0, 0.1) is 0 Å². The fourth-order valence-corrected chi connectivity index (χ4v) is 5.35. The Labute approximate surface area is 154 Å². The molecule has 1 aliphatic rings. The van der Waals surface area contributed by atoms with Crippen LogP contribution >= 0.6 is 0 Å². The van der Waals surface area contributed by atoms with Gasteiger partial charge in [0.15, 0.2) is 0 Å². The molecule has 2 rings (SSSR count). The Morgan fingerprint density at radius 3 is 2.65 bits per heavy atom. The molecule has 26 heavy (non-hydrogen) atoms. The van der Waals surface area contributed by atoms with E-state index in [1.54, 1.807) is 19.1 Å². The molecule has 8 nitrogen and oxygen atoms in total. The lowest BCUT2D eigenvalue weighted by molar-refractivity contribution is -0.125. The first kappa shape index (κ1) is 20.8. The van der Waals surface area contributed by atoms with Crippen molar-refractivity contribution in [3.05, 3.63) is 29.8 Å². The number of primary sulfonamides is 1. The van der Waals surface area contributed by atoms with E-state index in [1.165, 1.54) is 16.4 Å². The normalized spacial score (nSPS) is 19.2. The van der Waals surface area contributed by atoms with E-state index in [4.69, 9.17) is 5.14 Å². The average molecular weight is 404 g/mol. The summed E-state index contributed by atoms with van der Waals surface area (Å²) in [4.78, 5) is 12.5. The number of benzene rings is 1. The highest BCUT2D eigenvalue weighted by Gasteiger charge is 2.35. The van der Waals surface area contributed by atoms with Gasteiger partial charge in [-0.3, -0.25) is 4.79 Å². The summed E-state index contributed by atoms with van der Waals surface area (Å²) in [7, 11) is -7.28. The summed E-state index contributed by atoms with van der Waals surface area (Å²) in [6.45, 7) is 2.23. The number of nitrogens with one attached hydrogen (secondary N) is 1. The SMILES string of the molecule is CCCS(=O)(=O)N1CCCCC1C(=O)NCc1cccc(S(N)(=O)=O)c1. The van der Waals surface area contributed by atoms with E-state index in [-0.39, 0.29) is 23.1 Å². The monoisotopic (exact) mass is 403 g/mol. The van der Waals surface area contributed by atoms with Crippen LogP contribution in [0.4, 0.5) is 0 Å². The highest BCUT2D eigenvalue weighted by atomic mass is 32.2. The molecule has 1 saturated heterocycles. The van der Waals surface area contributed by atoms with E-state index in [9.17, 15) is 21.6 Å². The topological polar surface area (TPSA) is 127 Å². The molecule has 0 radical (unpaired) electrons. The van der Waals surface area contributed by atoms with Crippen molar-refractivity contribution >= 4 is 26.0 Å². The molecular weight excluding hydrogens is 378 g/mol. The van der Waals surface area contributed by atoms with Crippen LogP contribution in [0.2, 0.25) is 0 Å². The molecule has 0 saturated carbocycles. The predicted octanol–water partition coefficient (Wildman–Crippen LogP) is 0.545. The minimum atomic E-state index is -3.82. The maximum atomic E-state index is 12.6. The van der Waals surface area contributed by atoms with Crippen LogP contribution in [0.15, 0.2) is 29.2 Å². The number of hydrogen-bond donors (Lipinski definition) is 2. The van der Waals surface area contributed by atoms with Gasteiger partial charge in [-0.1, -0.05) is 25.5 Å². The number of rotatable bonds is 7. The van der Waals surface area contributed by atoms with Crippen LogP contribution in [0.5, 0.6) is 0 Å². The molecule has 146 valence electrons. The summed E-state index contributed by atoms with van der Waals surface area (Å²) in [6, 6.07) is 5.26. The van der Waals surface area contributed by atoms with Gasteiger partial charge in [-0.15, -0.1) is 0 Å². The van der Waals surface area contributed by atoms with Crippen LogP contribution in [-0.4, -0.2) is 45.4 Å². The Kier molecular flexibility index (Phi) is 6.78. The number of sulfonamides is 2. The van der Waals surface area contributed by atoms with Crippen molar-refractivity contribution in [3.63, 3.8) is 0 Å². The lowest BCUT2D eigenvalue weighted by Crippen LogP contribution is -2.52. The van der Waals surface area contributed by atoms with Crippen molar-refractivity contribution in [3.8, 4) is 0 Å². The zero-order valence-corrected chi connectivity index (χ0v) is 16.4. The van der Waals surface area contributed by atoms with Crippen molar-refractivity contribution in [1.29, 1.82) is 0 Å². The van der Waals surface area contributed by atoms with Gasteiger partial charge in [0.25, 0.3) is 0 Å². The van der Waals surface area contributed by atoms with Crippen molar-refractivity contribution < 1.29 is 21.6 Å². The van der Waals surface area contributed by atoms with E-state index in [0.717, 1.165) is 12.8 Å². The molecule has 1 aliphatic heterocycles. The van der Waals surface area contributed by atoms with Gasteiger partial charge in [0.1, 0.15) is 6.04 Å². The fraction of sp³-hybridized carbons (Fsp3) is 0.562. The largest absolute Gasteiger partial charge is 0.351 e. The van der Waals surface area contributed by atoms with Gasteiger partial charge in [-0.2, -0.15) is 4.31 Å². The molecule has 1 fully saturated rings. The molecule has 10 heteroatoms. The van der Waals surface area contributed by atoms with E-state index in [2.05, 4.69) is 5.32 Å². The number of nitrogens with two attached hydrogens (primary N) is 1. The number of hydrogen-bond acceptors (Lipinski definition) is 5. The van der Waals surface area contributed by atoms with Crippen LogP contribution < -0.4 is 10.5 Å². The average Bonchev–Trinajstić information content (AvgIpc) is 2.59. The molecule has 1 aromatic carbocycles. The highest BCUT2D eigenvalue weighted by molar-refractivity contribution is 7.89. The third kappa shape index (κ3) is 5.26. The molecule has 3 N–H and O–H groups in total. The molecule has 1 atom stereocenters. The molecule has 1 aromatic rings. The summed E-state index contributed by atoms with van der Waals surface area (Å²) >= 11 is 0. The number of carbonyl (C=O) groups is 1. The maximum Gasteiger partial charge on any atom is 0.238 e. The van der Waals surface area contributed by atoms with E-state index < -0.39 is 26.1 Å². The first-order valence-electron chi connectivity index (χ1n) is 8.54. The summed E-state index contributed by atoms with van der Waals surface area (Å²) < 4.78 is 48.9. The molecule has 1 unspecified atom stereocenters. The van der Waals surface area contributed by atoms with Gasteiger partial charge in [0.2, 0.25) is 26.0 Å². The number of carbonyl (C=O) groups excluding carboxylic acids is 1. The van der Waals surface area contributed by atoms with Gasteiger partial charge in [-0.05, 0) is 37.0 Å². The summed E-state index contributed by atoms with van der Waals surface area (Å²) in [5.41, 5.74) is 0.573. The standard InChI is InChI=1S/C16H25N3O5S2/c1-2-10-25(21,22)19-9-4-3-8-15(19)16(20)18-12-13-6-5-7-14(11-13)26(17,23)24/h5-7,11,15H,2-4,8-10,12H2,1H3,(H,18,20)(H2,17,23,24). The fourth-order valence-electron chi connectivity index (χ4n) is 3.01. The first-order valence-corrected chi connectivity index (χ1v) is 11.7.